The van der Waals surface area contributed by atoms with Crippen LogP contribution in [-0.4, -0.2) is 34.9 Å². The minimum absolute atomic E-state index is 0.291. The zero-order valence-electron chi connectivity index (χ0n) is 21.2. The molecule has 0 amide bonds. The molecule has 1 unspecified atom stereocenters. The number of ether oxygens (including phenoxy) is 2. The second-order valence-electron chi connectivity index (χ2n) is 9.93. The van der Waals surface area contributed by atoms with Gasteiger partial charge in [-0.2, -0.15) is 0 Å². The average Bonchev–Trinajstić information content (AvgIpc) is 3.24. The fourth-order valence-electron chi connectivity index (χ4n) is 4.70. The van der Waals surface area contributed by atoms with Gasteiger partial charge in [0.05, 0.1) is 18.4 Å². The summed E-state index contributed by atoms with van der Waals surface area (Å²) >= 11 is 0. The summed E-state index contributed by atoms with van der Waals surface area (Å²) in [6.07, 6.45) is -0.792. The van der Waals surface area contributed by atoms with Crippen LogP contribution in [0, 0.1) is 5.82 Å². The first-order valence-electron chi connectivity index (χ1n) is 11.8. The zero-order valence-corrected chi connectivity index (χ0v) is 21.2. The van der Waals surface area contributed by atoms with Crippen molar-refractivity contribution < 1.29 is 23.8 Å². The number of pyridine rings is 1. The minimum Gasteiger partial charge on any atom is -0.497 e. The molecule has 1 N–H and O–H groups in total. The highest BCUT2D eigenvalue weighted by Crippen LogP contribution is 2.41. The van der Waals surface area contributed by atoms with Crippen LogP contribution < -0.4 is 15.2 Å². The number of carboxylic acid groups (broad SMARTS) is 1. The van der Waals surface area contributed by atoms with Crippen LogP contribution in [0.15, 0.2) is 53.3 Å². The van der Waals surface area contributed by atoms with Crippen LogP contribution in [0.1, 0.15) is 43.7 Å². The first-order valence-corrected chi connectivity index (χ1v) is 11.8. The number of carboxylic acids is 1. The number of fused-ring (bicyclic) bond motifs is 1. The van der Waals surface area contributed by atoms with Gasteiger partial charge in [0.15, 0.2) is 6.10 Å². The van der Waals surface area contributed by atoms with Gasteiger partial charge in [-0.15, -0.1) is 0 Å². The zero-order chi connectivity index (χ0) is 26.2. The third-order valence-electron chi connectivity index (χ3n) is 6.27. The molecule has 0 saturated heterocycles. The van der Waals surface area contributed by atoms with Crippen molar-refractivity contribution in [1.82, 2.24) is 4.57 Å². The lowest BCUT2D eigenvalue weighted by Crippen LogP contribution is -2.35. The average molecular weight is 495 g/mol. The number of aromatic nitrogens is 1. The number of hydrogen-bond donors (Lipinski definition) is 1. The Balaban J connectivity index is 1.94. The van der Waals surface area contributed by atoms with Crippen molar-refractivity contribution in [2.75, 3.05) is 18.6 Å². The number of nitrogens with zero attached hydrogens (tertiary/aromatic N) is 2. The largest absolute Gasteiger partial charge is 0.497 e. The molecule has 3 aromatic rings. The smallest absolute Gasteiger partial charge is 0.339 e. The molecule has 0 fully saturated rings. The summed E-state index contributed by atoms with van der Waals surface area (Å²) in [6, 6.07) is 13.5. The number of carbonyl (C=O) groups is 1. The highest BCUT2D eigenvalue weighted by molar-refractivity contribution is 5.84. The second-order valence-corrected chi connectivity index (χ2v) is 9.93. The molecular formula is C28H31FN2O5. The maximum absolute atomic E-state index is 13.7. The summed E-state index contributed by atoms with van der Waals surface area (Å²) in [5.74, 6) is -0.822. The first kappa shape index (κ1) is 25.4. The van der Waals surface area contributed by atoms with Crippen molar-refractivity contribution in [3.8, 4) is 16.9 Å². The van der Waals surface area contributed by atoms with Crippen molar-refractivity contribution in [1.29, 1.82) is 0 Å². The molecule has 8 heteroatoms. The van der Waals surface area contributed by atoms with Gasteiger partial charge in [-0.05, 0) is 68.1 Å². The van der Waals surface area contributed by atoms with Crippen molar-refractivity contribution >= 4 is 11.7 Å². The quantitative estimate of drug-likeness (QED) is 0.513. The lowest BCUT2D eigenvalue weighted by atomic mass is 9.93. The van der Waals surface area contributed by atoms with Gasteiger partial charge in [-0.3, -0.25) is 4.79 Å². The number of rotatable bonds is 7. The molecule has 2 heterocycles. The fraction of sp³-hybridized carbons (Fsp3) is 0.357. The van der Waals surface area contributed by atoms with Gasteiger partial charge >= 0.3 is 5.97 Å². The summed E-state index contributed by atoms with van der Waals surface area (Å²) in [5.41, 5.74) is 2.87. The molecule has 1 aliphatic heterocycles. The van der Waals surface area contributed by atoms with Gasteiger partial charge in [0.25, 0.3) is 5.56 Å². The van der Waals surface area contributed by atoms with E-state index in [9.17, 15) is 19.1 Å². The van der Waals surface area contributed by atoms with Crippen LogP contribution in [-0.2, 0) is 29.5 Å². The van der Waals surface area contributed by atoms with E-state index in [1.165, 1.54) is 16.7 Å². The number of benzene rings is 2. The highest BCUT2D eigenvalue weighted by Gasteiger charge is 2.36. The maximum atomic E-state index is 13.7. The second kappa shape index (κ2) is 9.78. The van der Waals surface area contributed by atoms with E-state index in [-0.39, 0.29) is 11.4 Å². The van der Waals surface area contributed by atoms with E-state index in [0.29, 0.717) is 42.2 Å². The van der Waals surface area contributed by atoms with E-state index in [2.05, 4.69) is 0 Å². The Hall–Kier alpha value is -3.65. The van der Waals surface area contributed by atoms with Crippen molar-refractivity contribution in [2.45, 2.75) is 45.4 Å². The Morgan fingerprint density at radius 1 is 1.11 bits per heavy atom. The van der Waals surface area contributed by atoms with E-state index in [4.69, 9.17) is 9.47 Å². The number of anilines is 1. The molecule has 36 heavy (non-hydrogen) atoms. The molecule has 0 spiro atoms. The van der Waals surface area contributed by atoms with Gasteiger partial charge in [0.1, 0.15) is 17.3 Å². The minimum atomic E-state index is -1.35. The van der Waals surface area contributed by atoms with Gasteiger partial charge in [-0.1, -0.05) is 24.3 Å². The summed E-state index contributed by atoms with van der Waals surface area (Å²) in [5, 5.41) is 10.2. The molecule has 0 radical (unpaired) electrons. The van der Waals surface area contributed by atoms with Crippen molar-refractivity contribution in [3.63, 3.8) is 0 Å². The van der Waals surface area contributed by atoms with E-state index in [0.717, 1.165) is 16.7 Å². The molecule has 0 aliphatic carbocycles. The number of aliphatic carboxylic acids is 1. The summed E-state index contributed by atoms with van der Waals surface area (Å²) in [4.78, 5) is 28.1. The molecule has 0 bridgehead atoms. The Morgan fingerprint density at radius 3 is 2.31 bits per heavy atom. The first-order chi connectivity index (χ1) is 17.0. The van der Waals surface area contributed by atoms with E-state index in [1.54, 1.807) is 47.1 Å². The number of halogens is 1. The lowest BCUT2D eigenvalue weighted by Gasteiger charge is -2.29. The predicted octanol–water partition coefficient (Wildman–Crippen LogP) is 4.70. The Morgan fingerprint density at radius 2 is 1.75 bits per heavy atom. The number of hydrogen-bond acceptors (Lipinski definition) is 5. The van der Waals surface area contributed by atoms with E-state index >= 15 is 0 Å². The molecule has 1 aliphatic rings. The van der Waals surface area contributed by atoms with Crippen LogP contribution in [0.25, 0.3) is 11.1 Å². The Kier molecular flexibility index (Phi) is 6.91. The summed E-state index contributed by atoms with van der Waals surface area (Å²) in [6.45, 7) is 6.36. The molecule has 2 aromatic carbocycles. The molecule has 190 valence electrons. The third-order valence-corrected chi connectivity index (χ3v) is 6.27. The molecule has 4 rings (SSSR count). The molecule has 1 aromatic heterocycles. The van der Waals surface area contributed by atoms with Gasteiger partial charge in [0.2, 0.25) is 0 Å². The van der Waals surface area contributed by atoms with Crippen LogP contribution in [0.4, 0.5) is 10.1 Å². The normalized spacial score (nSPS) is 14.0. The fourth-order valence-corrected chi connectivity index (χ4v) is 4.70. The summed E-state index contributed by atoms with van der Waals surface area (Å²) in [7, 11) is 3.16. The number of methoxy groups -OCH3 is 1. The van der Waals surface area contributed by atoms with Crippen molar-refractivity contribution in [3.05, 3.63) is 81.5 Å². The predicted molar refractivity (Wildman–Crippen MR) is 136 cm³/mol. The van der Waals surface area contributed by atoms with Crippen LogP contribution in [0.5, 0.6) is 5.75 Å². The third kappa shape index (κ3) is 4.99. The highest BCUT2D eigenvalue weighted by atomic mass is 19.1. The SMILES string of the molecule is COc1ccc(-c2c3c(c(=O)n(C)c2C(OC(C)(C)C)C(=O)O)N(Cc2ccc(F)cc2)CC3)cc1. The van der Waals surface area contributed by atoms with Gasteiger partial charge in [-0.25, -0.2) is 9.18 Å². The maximum Gasteiger partial charge on any atom is 0.339 e. The van der Waals surface area contributed by atoms with Crippen LogP contribution >= 0.6 is 0 Å². The summed E-state index contributed by atoms with van der Waals surface area (Å²) < 4.78 is 26.1. The molecule has 1 atom stereocenters. The molecule has 0 saturated carbocycles. The van der Waals surface area contributed by atoms with E-state index in [1.807, 2.05) is 29.2 Å². The molecular weight excluding hydrogens is 463 g/mol. The van der Waals surface area contributed by atoms with Gasteiger partial charge in [0, 0.05) is 25.7 Å². The van der Waals surface area contributed by atoms with Crippen molar-refractivity contribution in [2.24, 2.45) is 7.05 Å². The Labute approximate surface area is 209 Å². The lowest BCUT2D eigenvalue weighted by molar-refractivity contribution is -0.161. The standard InChI is InChI=1S/C28H31FN2O5/c1-28(2,3)36-25(27(33)34)24-22(18-8-12-20(35-5)13-9-18)21-14-15-31(23(21)26(32)30(24)4)16-17-6-10-19(29)11-7-17/h6-13,25H,14-16H2,1-5H3,(H,33,34). The topological polar surface area (TPSA) is 81.0 Å². The van der Waals surface area contributed by atoms with Crippen LogP contribution in [0.2, 0.25) is 0 Å². The van der Waals surface area contributed by atoms with E-state index < -0.39 is 17.7 Å². The van der Waals surface area contributed by atoms with Gasteiger partial charge < -0.3 is 24.0 Å². The van der Waals surface area contributed by atoms with Crippen LogP contribution in [0.3, 0.4) is 0 Å². The molecule has 7 nitrogen and oxygen atoms in total. The Bertz CT molecular complexity index is 1320. The monoisotopic (exact) mass is 494 g/mol.